The summed E-state index contributed by atoms with van der Waals surface area (Å²) in [5.74, 6) is 0.312. The van der Waals surface area contributed by atoms with Crippen LogP contribution in [0.15, 0.2) is 12.1 Å². The van der Waals surface area contributed by atoms with Crippen molar-refractivity contribution in [3.63, 3.8) is 0 Å². The molecule has 1 amide bonds. The highest BCUT2D eigenvalue weighted by Crippen LogP contribution is 2.15. The number of nitrogens with zero attached hydrogens (tertiary/aromatic N) is 2. The monoisotopic (exact) mass is 292 g/mol. The van der Waals surface area contributed by atoms with E-state index >= 15 is 0 Å². The number of rotatable bonds is 7. The summed E-state index contributed by atoms with van der Waals surface area (Å²) in [7, 11) is 4.06. The molecule has 5 nitrogen and oxygen atoms in total. The van der Waals surface area contributed by atoms with Crippen LogP contribution in [0.3, 0.4) is 0 Å². The maximum Gasteiger partial charge on any atom is 0.251 e. The number of nitrogens with one attached hydrogen (secondary N) is 1. The van der Waals surface area contributed by atoms with Crippen LogP contribution in [0, 0.1) is 5.41 Å². The fourth-order valence-electron chi connectivity index (χ4n) is 2.46. The molecular formula is C16H28N4O. The second-order valence-electron chi connectivity index (χ2n) is 6.61. The molecule has 0 atom stereocenters. The van der Waals surface area contributed by atoms with Gasteiger partial charge in [0.05, 0.1) is 0 Å². The Hall–Kier alpha value is -1.62. The number of aromatic nitrogens is 1. The molecule has 3 N–H and O–H groups in total. The lowest BCUT2D eigenvalue weighted by Gasteiger charge is -2.28. The van der Waals surface area contributed by atoms with E-state index in [0.29, 0.717) is 17.9 Å². The summed E-state index contributed by atoms with van der Waals surface area (Å²) >= 11 is 0. The zero-order chi connectivity index (χ0) is 16.0. The van der Waals surface area contributed by atoms with Gasteiger partial charge in [0.15, 0.2) is 0 Å². The van der Waals surface area contributed by atoms with Gasteiger partial charge in [0.2, 0.25) is 0 Å². The van der Waals surface area contributed by atoms with E-state index in [0.717, 1.165) is 25.1 Å². The zero-order valence-corrected chi connectivity index (χ0v) is 13.9. The normalized spacial score (nSPS) is 11.7. The smallest absolute Gasteiger partial charge is 0.251 e. The van der Waals surface area contributed by atoms with Crippen molar-refractivity contribution < 1.29 is 4.79 Å². The van der Waals surface area contributed by atoms with Crippen molar-refractivity contribution >= 4 is 11.7 Å². The number of pyridine rings is 1. The van der Waals surface area contributed by atoms with E-state index in [2.05, 4.69) is 36.0 Å². The van der Waals surface area contributed by atoms with E-state index in [4.69, 9.17) is 5.73 Å². The highest BCUT2D eigenvalue weighted by molar-refractivity contribution is 5.94. The zero-order valence-electron chi connectivity index (χ0n) is 13.9. The summed E-state index contributed by atoms with van der Waals surface area (Å²) in [6, 6.07) is 3.46. The lowest BCUT2D eigenvalue weighted by Crippen LogP contribution is -2.40. The topological polar surface area (TPSA) is 71.2 Å². The van der Waals surface area contributed by atoms with Crippen LogP contribution in [-0.2, 0) is 6.42 Å². The number of carbonyl (C=O) groups excluding carboxylic acids is 1. The highest BCUT2D eigenvalue weighted by atomic mass is 16.1. The first-order valence-corrected chi connectivity index (χ1v) is 7.43. The molecule has 1 aromatic heterocycles. The Kier molecular flexibility index (Phi) is 6.15. The lowest BCUT2D eigenvalue weighted by atomic mass is 9.93. The first kappa shape index (κ1) is 17.4. The van der Waals surface area contributed by atoms with Gasteiger partial charge in [0, 0.05) is 24.3 Å². The van der Waals surface area contributed by atoms with E-state index in [1.807, 2.05) is 20.2 Å². The van der Waals surface area contributed by atoms with E-state index in [9.17, 15) is 4.79 Å². The van der Waals surface area contributed by atoms with Crippen LogP contribution in [0.4, 0.5) is 5.82 Å². The number of hydrogen-bond donors (Lipinski definition) is 2. The molecule has 1 heterocycles. The lowest BCUT2D eigenvalue weighted by molar-refractivity contribution is 0.0929. The van der Waals surface area contributed by atoms with Crippen LogP contribution in [-0.4, -0.2) is 43.0 Å². The molecule has 1 aromatic rings. The standard InChI is InChI=1S/C16H28N4O/c1-6-7-13-8-12(9-14(17)19-13)15(21)18-10-16(2,3)11-20(4)5/h8-9H,6-7,10-11H2,1-5H3,(H2,17,19)(H,18,21). The Morgan fingerprint density at radius 3 is 2.62 bits per heavy atom. The van der Waals surface area contributed by atoms with Gasteiger partial charge in [-0.05, 0) is 38.1 Å². The summed E-state index contributed by atoms with van der Waals surface area (Å²) in [5, 5.41) is 2.99. The van der Waals surface area contributed by atoms with Gasteiger partial charge in [-0.2, -0.15) is 0 Å². The van der Waals surface area contributed by atoms with Gasteiger partial charge >= 0.3 is 0 Å². The Labute approximate surface area is 127 Å². The SMILES string of the molecule is CCCc1cc(C(=O)NCC(C)(C)CN(C)C)cc(N)n1. The van der Waals surface area contributed by atoms with Gasteiger partial charge in [-0.25, -0.2) is 4.98 Å². The van der Waals surface area contributed by atoms with Gasteiger partial charge in [-0.15, -0.1) is 0 Å². The van der Waals surface area contributed by atoms with Crippen molar-refractivity contribution in [2.24, 2.45) is 5.41 Å². The third kappa shape index (κ3) is 6.12. The van der Waals surface area contributed by atoms with E-state index in [1.54, 1.807) is 6.07 Å². The highest BCUT2D eigenvalue weighted by Gasteiger charge is 2.20. The van der Waals surface area contributed by atoms with Gasteiger partial charge < -0.3 is 16.0 Å². The second kappa shape index (κ2) is 7.41. The summed E-state index contributed by atoms with van der Waals surface area (Å²) in [4.78, 5) is 18.6. The number of aryl methyl sites for hydroxylation is 1. The van der Waals surface area contributed by atoms with Crippen LogP contribution in [0.25, 0.3) is 0 Å². The first-order valence-electron chi connectivity index (χ1n) is 7.43. The van der Waals surface area contributed by atoms with E-state index in [-0.39, 0.29) is 11.3 Å². The van der Waals surface area contributed by atoms with Crippen molar-refractivity contribution in [1.82, 2.24) is 15.2 Å². The number of amides is 1. The average Bonchev–Trinajstić information content (AvgIpc) is 2.34. The van der Waals surface area contributed by atoms with Gasteiger partial charge in [-0.1, -0.05) is 27.2 Å². The fourth-order valence-corrected chi connectivity index (χ4v) is 2.46. The predicted octanol–water partition coefficient (Wildman–Crippen LogP) is 1.93. The number of hydrogen-bond acceptors (Lipinski definition) is 4. The molecule has 0 spiro atoms. The van der Waals surface area contributed by atoms with Crippen molar-refractivity contribution in [2.45, 2.75) is 33.6 Å². The number of nitrogen functional groups attached to an aromatic ring is 1. The maximum atomic E-state index is 12.3. The quantitative estimate of drug-likeness (QED) is 0.805. The molecule has 0 fully saturated rings. The van der Waals surface area contributed by atoms with Gasteiger partial charge in [-0.3, -0.25) is 4.79 Å². The maximum absolute atomic E-state index is 12.3. The van der Waals surface area contributed by atoms with Crippen LogP contribution >= 0.6 is 0 Å². The van der Waals surface area contributed by atoms with Crippen molar-refractivity contribution in [3.8, 4) is 0 Å². The average molecular weight is 292 g/mol. The number of anilines is 1. The van der Waals surface area contributed by atoms with Crippen molar-refractivity contribution in [1.29, 1.82) is 0 Å². The molecule has 0 saturated heterocycles. The molecule has 0 unspecified atom stereocenters. The molecule has 118 valence electrons. The minimum absolute atomic E-state index is 0.0178. The molecule has 0 aliphatic heterocycles. The summed E-state index contributed by atoms with van der Waals surface area (Å²) in [5.41, 5.74) is 7.26. The molecule has 0 aliphatic carbocycles. The van der Waals surface area contributed by atoms with Crippen LogP contribution in [0.1, 0.15) is 43.2 Å². The van der Waals surface area contributed by atoms with Crippen molar-refractivity contribution in [2.75, 3.05) is 32.9 Å². The molecule has 21 heavy (non-hydrogen) atoms. The molecule has 0 aliphatic rings. The first-order chi connectivity index (χ1) is 9.73. The molecule has 0 bridgehead atoms. The predicted molar refractivity (Wildman–Crippen MR) is 87.3 cm³/mol. The number of nitrogens with two attached hydrogens (primary N) is 1. The molecule has 0 aromatic carbocycles. The Bertz CT molecular complexity index is 483. The molecule has 0 radical (unpaired) electrons. The van der Waals surface area contributed by atoms with Crippen LogP contribution < -0.4 is 11.1 Å². The molecule has 0 saturated carbocycles. The Morgan fingerprint density at radius 1 is 1.38 bits per heavy atom. The molecule has 5 heteroatoms. The third-order valence-electron chi connectivity index (χ3n) is 3.14. The third-order valence-corrected chi connectivity index (χ3v) is 3.14. The van der Waals surface area contributed by atoms with Crippen molar-refractivity contribution in [3.05, 3.63) is 23.4 Å². The minimum Gasteiger partial charge on any atom is -0.384 e. The summed E-state index contributed by atoms with van der Waals surface area (Å²) in [6.45, 7) is 7.88. The molecular weight excluding hydrogens is 264 g/mol. The molecule has 1 rings (SSSR count). The Morgan fingerprint density at radius 2 is 2.05 bits per heavy atom. The summed E-state index contributed by atoms with van der Waals surface area (Å²) < 4.78 is 0. The van der Waals surface area contributed by atoms with E-state index in [1.165, 1.54) is 0 Å². The largest absolute Gasteiger partial charge is 0.384 e. The minimum atomic E-state index is -0.0896. The van der Waals surface area contributed by atoms with Crippen LogP contribution in [0.2, 0.25) is 0 Å². The second-order valence-corrected chi connectivity index (χ2v) is 6.61. The number of carbonyl (C=O) groups is 1. The van der Waals surface area contributed by atoms with Gasteiger partial charge in [0.1, 0.15) is 5.82 Å². The fraction of sp³-hybridized carbons (Fsp3) is 0.625. The Balaban J connectivity index is 2.71. The van der Waals surface area contributed by atoms with Gasteiger partial charge in [0.25, 0.3) is 5.91 Å². The van der Waals surface area contributed by atoms with E-state index < -0.39 is 0 Å². The van der Waals surface area contributed by atoms with Crippen LogP contribution in [0.5, 0.6) is 0 Å². The summed E-state index contributed by atoms with van der Waals surface area (Å²) in [6.07, 6.45) is 1.81.